The highest BCUT2D eigenvalue weighted by Gasteiger charge is 2.51. The van der Waals surface area contributed by atoms with Crippen LogP contribution in [0.15, 0.2) is 53.3 Å². The molecule has 0 aliphatic heterocycles. The number of ether oxygens (including phenoxy) is 1. The van der Waals surface area contributed by atoms with E-state index in [0.29, 0.717) is 6.92 Å². The molecule has 0 spiro atoms. The van der Waals surface area contributed by atoms with Crippen LogP contribution in [0, 0.1) is 11.3 Å². The third kappa shape index (κ3) is 2.16. The molecule has 0 heterocycles. The summed E-state index contributed by atoms with van der Waals surface area (Å²) in [4.78, 5) is 0. The first-order chi connectivity index (χ1) is 9.39. The summed E-state index contributed by atoms with van der Waals surface area (Å²) in [5.41, 5.74) is -4.19. The minimum atomic E-state index is -2.97. The van der Waals surface area contributed by atoms with Gasteiger partial charge in [0.05, 0.1) is 0 Å². The van der Waals surface area contributed by atoms with Gasteiger partial charge in [0.15, 0.2) is 17.8 Å². The molecule has 0 saturated carbocycles. The van der Waals surface area contributed by atoms with E-state index in [0.717, 1.165) is 6.07 Å². The van der Waals surface area contributed by atoms with Gasteiger partial charge in [-0.2, -0.15) is 9.65 Å². The van der Waals surface area contributed by atoms with E-state index in [4.69, 9.17) is 10.00 Å². The minimum absolute atomic E-state index is 0.0296. The number of nitrogens with zero attached hydrogens (tertiary/aromatic N) is 1. The standard InChI is InChI=1S/C14H9F4NO/c1-14(18)12(17)9(7-19)10(15)11(16)13(14)20-8-5-3-2-4-6-8/h2-6,12H,1H3. The van der Waals surface area contributed by atoms with Crippen LogP contribution in [0.3, 0.4) is 0 Å². The molecule has 20 heavy (non-hydrogen) atoms. The second-order valence-electron chi connectivity index (χ2n) is 4.34. The Balaban J connectivity index is 2.52. The fourth-order valence-corrected chi connectivity index (χ4v) is 1.79. The third-order valence-electron chi connectivity index (χ3n) is 2.89. The Morgan fingerprint density at radius 3 is 2.35 bits per heavy atom. The number of para-hydroxylation sites is 1. The first-order valence-electron chi connectivity index (χ1n) is 5.66. The van der Waals surface area contributed by atoms with Gasteiger partial charge in [0, 0.05) is 0 Å². The van der Waals surface area contributed by atoms with Crippen LogP contribution in [0.4, 0.5) is 17.6 Å². The van der Waals surface area contributed by atoms with Gasteiger partial charge >= 0.3 is 0 Å². The topological polar surface area (TPSA) is 33.0 Å². The molecule has 1 aliphatic carbocycles. The van der Waals surface area contributed by atoms with E-state index < -0.39 is 34.8 Å². The minimum Gasteiger partial charge on any atom is -0.455 e. The molecule has 0 fully saturated rings. The molecule has 1 aliphatic rings. The zero-order chi connectivity index (χ0) is 14.9. The first kappa shape index (κ1) is 14.1. The van der Waals surface area contributed by atoms with E-state index in [9.17, 15) is 17.6 Å². The summed E-state index contributed by atoms with van der Waals surface area (Å²) in [5.74, 6) is -4.53. The molecule has 2 atom stereocenters. The van der Waals surface area contributed by atoms with Crippen molar-refractivity contribution in [2.45, 2.75) is 18.8 Å². The van der Waals surface area contributed by atoms with Crippen LogP contribution in [-0.2, 0) is 0 Å². The fraction of sp³-hybridized carbons (Fsp3) is 0.214. The molecule has 1 aromatic carbocycles. The number of benzene rings is 1. The Morgan fingerprint density at radius 1 is 1.20 bits per heavy atom. The lowest BCUT2D eigenvalue weighted by Gasteiger charge is -2.30. The lowest BCUT2D eigenvalue weighted by molar-refractivity contribution is 0.0748. The Labute approximate surface area is 112 Å². The highest BCUT2D eigenvalue weighted by Crippen LogP contribution is 2.43. The Kier molecular flexibility index (Phi) is 3.53. The van der Waals surface area contributed by atoms with E-state index in [1.54, 1.807) is 6.07 Å². The van der Waals surface area contributed by atoms with Crippen molar-refractivity contribution in [1.29, 1.82) is 5.26 Å². The number of hydrogen-bond donors (Lipinski definition) is 0. The number of nitriles is 1. The smallest absolute Gasteiger partial charge is 0.204 e. The monoisotopic (exact) mass is 283 g/mol. The highest BCUT2D eigenvalue weighted by atomic mass is 19.2. The van der Waals surface area contributed by atoms with Gasteiger partial charge in [-0.3, -0.25) is 0 Å². The highest BCUT2D eigenvalue weighted by molar-refractivity contribution is 5.48. The summed E-state index contributed by atoms with van der Waals surface area (Å²) < 4.78 is 60.4. The average molecular weight is 283 g/mol. The van der Waals surface area contributed by atoms with Crippen molar-refractivity contribution in [2.75, 3.05) is 0 Å². The average Bonchev–Trinajstić information content (AvgIpc) is 2.44. The van der Waals surface area contributed by atoms with Gasteiger partial charge in [-0.1, -0.05) is 18.2 Å². The van der Waals surface area contributed by atoms with Crippen LogP contribution in [0.5, 0.6) is 5.75 Å². The van der Waals surface area contributed by atoms with Crippen molar-refractivity contribution in [3.8, 4) is 11.8 Å². The predicted molar refractivity (Wildman–Crippen MR) is 63.4 cm³/mol. The van der Waals surface area contributed by atoms with E-state index >= 15 is 0 Å². The SMILES string of the molecule is CC1(F)C(Oc2ccccc2)=C(F)C(F)=C(C#N)C1F. The van der Waals surface area contributed by atoms with Crippen LogP contribution >= 0.6 is 0 Å². The summed E-state index contributed by atoms with van der Waals surface area (Å²) in [6.07, 6.45) is -2.63. The first-order valence-corrected chi connectivity index (χ1v) is 5.66. The lowest BCUT2D eigenvalue weighted by Crippen LogP contribution is -2.40. The summed E-state index contributed by atoms with van der Waals surface area (Å²) >= 11 is 0. The molecule has 0 N–H and O–H groups in total. The van der Waals surface area contributed by atoms with E-state index in [1.807, 2.05) is 0 Å². The number of alkyl halides is 2. The number of rotatable bonds is 2. The molecule has 0 amide bonds. The molecule has 1 aromatic rings. The molecule has 0 bridgehead atoms. The van der Waals surface area contributed by atoms with Crippen LogP contribution in [0.2, 0.25) is 0 Å². The number of hydrogen-bond acceptors (Lipinski definition) is 2. The molecule has 2 nitrogen and oxygen atoms in total. The van der Waals surface area contributed by atoms with Gasteiger partial charge < -0.3 is 4.74 Å². The Morgan fingerprint density at radius 2 is 1.80 bits per heavy atom. The second kappa shape index (κ2) is 5.00. The van der Waals surface area contributed by atoms with Crippen molar-refractivity contribution in [2.24, 2.45) is 0 Å². The zero-order valence-corrected chi connectivity index (χ0v) is 10.3. The maximum Gasteiger partial charge on any atom is 0.204 e. The summed E-state index contributed by atoms with van der Waals surface area (Å²) in [5, 5.41) is 8.57. The van der Waals surface area contributed by atoms with Gasteiger partial charge in [0.2, 0.25) is 11.5 Å². The maximum atomic E-state index is 14.3. The van der Waals surface area contributed by atoms with Gasteiger partial charge in [0.25, 0.3) is 0 Å². The number of halogens is 4. The molecule has 2 rings (SSSR count). The third-order valence-corrected chi connectivity index (χ3v) is 2.89. The molecule has 0 saturated heterocycles. The van der Waals surface area contributed by atoms with Gasteiger partial charge in [0.1, 0.15) is 17.4 Å². The van der Waals surface area contributed by atoms with Gasteiger partial charge in [-0.15, -0.1) is 0 Å². The molecule has 0 aromatic heterocycles. The zero-order valence-electron chi connectivity index (χ0n) is 10.3. The molecule has 0 radical (unpaired) electrons. The quantitative estimate of drug-likeness (QED) is 0.766. The van der Waals surface area contributed by atoms with E-state index in [-0.39, 0.29) is 5.75 Å². The maximum absolute atomic E-state index is 14.3. The lowest BCUT2D eigenvalue weighted by atomic mass is 9.88. The van der Waals surface area contributed by atoms with Crippen LogP contribution in [-0.4, -0.2) is 11.8 Å². The normalized spacial score (nSPS) is 26.5. The van der Waals surface area contributed by atoms with Gasteiger partial charge in [-0.25, -0.2) is 13.2 Å². The van der Waals surface area contributed by atoms with Crippen molar-refractivity contribution in [3.63, 3.8) is 0 Å². The summed E-state index contributed by atoms with van der Waals surface area (Å²) in [7, 11) is 0. The second-order valence-corrected chi connectivity index (χ2v) is 4.34. The summed E-state index contributed by atoms with van der Waals surface area (Å²) in [6.45, 7) is 0.694. The van der Waals surface area contributed by atoms with Gasteiger partial charge in [-0.05, 0) is 19.1 Å². The summed E-state index contributed by atoms with van der Waals surface area (Å²) in [6, 6.07) is 8.60. The van der Waals surface area contributed by atoms with E-state index in [2.05, 4.69) is 0 Å². The Hall–Kier alpha value is -2.29. The molecular formula is C14H9F4NO. The van der Waals surface area contributed by atoms with Crippen molar-refractivity contribution in [1.82, 2.24) is 0 Å². The van der Waals surface area contributed by atoms with Crippen LogP contribution in [0.25, 0.3) is 0 Å². The van der Waals surface area contributed by atoms with Crippen LogP contribution < -0.4 is 4.74 Å². The largest absolute Gasteiger partial charge is 0.455 e. The van der Waals surface area contributed by atoms with Crippen molar-refractivity contribution in [3.05, 3.63) is 53.3 Å². The van der Waals surface area contributed by atoms with Crippen molar-refractivity contribution < 1.29 is 22.3 Å². The molecular weight excluding hydrogens is 274 g/mol. The molecule has 6 heteroatoms. The Bertz CT molecular complexity index is 628. The fourth-order valence-electron chi connectivity index (χ4n) is 1.79. The molecule has 2 unspecified atom stereocenters. The number of allylic oxidation sites excluding steroid dienone is 4. The molecule has 104 valence electrons. The van der Waals surface area contributed by atoms with Crippen molar-refractivity contribution >= 4 is 0 Å². The predicted octanol–water partition coefficient (Wildman–Crippen LogP) is 4.07. The van der Waals surface area contributed by atoms with E-state index in [1.165, 1.54) is 24.3 Å². The van der Waals surface area contributed by atoms with Crippen LogP contribution in [0.1, 0.15) is 6.92 Å².